The molecule has 1 unspecified atom stereocenters. The zero-order valence-electron chi connectivity index (χ0n) is 16.3. The molecule has 0 radical (unpaired) electrons. The Balaban J connectivity index is 1.89. The Hall–Kier alpha value is -3.08. The number of fused-ring (bicyclic) bond motifs is 6. The highest BCUT2D eigenvalue weighted by molar-refractivity contribution is 6.12. The number of carbonyl (C=O) groups excluding carboxylic acids is 2. The Morgan fingerprint density at radius 2 is 1.82 bits per heavy atom. The number of aromatic amines is 1. The van der Waals surface area contributed by atoms with E-state index in [4.69, 9.17) is 0 Å². The summed E-state index contributed by atoms with van der Waals surface area (Å²) < 4.78 is 0. The molecule has 2 aliphatic rings. The zero-order valence-corrected chi connectivity index (χ0v) is 16.3. The number of carbonyl (C=O) groups is 2. The van der Waals surface area contributed by atoms with Crippen LogP contribution in [0.15, 0.2) is 48.5 Å². The van der Waals surface area contributed by atoms with Crippen LogP contribution >= 0.6 is 0 Å². The van der Waals surface area contributed by atoms with Gasteiger partial charge in [0.1, 0.15) is 0 Å². The van der Waals surface area contributed by atoms with Gasteiger partial charge in [0.25, 0.3) is 5.91 Å². The summed E-state index contributed by atoms with van der Waals surface area (Å²) in [6, 6.07) is 16.0. The number of para-hydroxylation sites is 2. The quantitative estimate of drug-likeness (QED) is 0.710. The Kier molecular flexibility index (Phi) is 3.48. The molecule has 2 aromatic carbocycles. The van der Waals surface area contributed by atoms with Crippen LogP contribution in [-0.2, 0) is 21.5 Å². The highest BCUT2D eigenvalue weighted by atomic mass is 16.2. The molecule has 28 heavy (non-hydrogen) atoms. The summed E-state index contributed by atoms with van der Waals surface area (Å²) in [4.78, 5) is 34.1. The number of likely N-dealkylation sites (N-methyl/N-ethyl adjacent to an activating group) is 1. The van der Waals surface area contributed by atoms with E-state index in [-0.39, 0.29) is 17.7 Å². The number of nitrogens with zero attached hydrogens (tertiary/aromatic N) is 2. The second kappa shape index (κ2) is 5.71. The monoisotopic (exact) mass is 373 g/mol. The number of anilines is 1. The van der Waals surface area contributed by atoms with Crippen molar-refractivity contribution in [3.8, 4) is 0 Å². The van der Waals surface area contributed by atoms with Crippen LogP contribution in [0.4, 0.5) is 5.69 Å². The standard InChI is InChI=1S/C23H23N3O2/c1-14(2)21(27)26-13-12-16-15-8-4-6-10-18(15)24-20(16)23(26)17-9-5-7-11-19(17)25(3)22(23)28/h4-11,14,24H,12-13H2,1-3H3. The highest BCUT2D eigenvalue weighted by Gasteiger charge is 2.60. The molecule has 1 atom stereocenters. The number of nitrogens with one attached hydrogen (secondary N) is 1. The molecule has 0 saturated carbocycles. The lowest BCUT2D eigenvalue weighted by molar-refractivity contribution is -0.147. The van der Waals surface area contributed by atoms with Gasteiger partial charge in [0, 0.05) is 41.7 Å². The molecule has 2 aliphatic heterocycles. The summed E-state index contributed by atoms with van der Waals surface area (Å²) in [5.41, 5.74) is 3.60. The minimum absolute atomic E-state index is 0.00255. The van der Waals surface area contributed by atoms with Crippen LogP contribution in [0, 0.1) is 5.92 Å². The van der Waals surface area contributed by atoms with Crippen molar-refractivity contribution in [2.75, 3.05) is 18.5 Å². The molecule has 5 nitrogen and oxygen atoms in total. The summed E-state index contributed by atoms with van der Waals surface area (Å²) >= 11 is 0. The first kappa shape index (κ1) is 17.0. The summed E-state index contributed by atoms with van der Waals surface area (Å²) in [5, 5.41) is 1.13. The molecule has 1 N–H and O–H groups in total. The molecule has 0 saturated heterocycles. The lowest BCUT2D eigenvalue weighted by atomic mass is 9.79. The van der Waals surface area contributed by atoms with E-state index in [0.717, 1.165) is 39.8 Å². The number of benzene rings is 2. The van der Waals surface area contributed by atoms with Crippen molar-refractivity contribution in [2.24, 2.45) is 5.92 Å². The first-order valence-corrected chi connectivity index (χ1v) is 9.77. The van der Waals surface area contributed by atoms with Crippen molar-refractivity contribution in [2.45, 2.75) is 25.8 Å². The molecule has 2 amide bonds. The van der Waals surface area contributed by atoms with Crippen LogP contribution in [0.2, 0.25) is 0 Å². The number of rotatable bonds is 1. The maximum Gasteiger partial charge on any atom is 0.263 e. The summed E-state index contributed by atoms with van der Waals surface area (Å²) in [6.07, 6.45) is 0.735. The summed E-state index contributed by atoms with van der Waals surface area (Å²) in [5.74, 6) is -0.258. The van der Waals surface area contributed by atoms with E-state index in [0.29, 0.717) is 6.54 Å². The fourth-order valence-electron chi connectivity index (χ4n) is 4.92. The van der Waals surface area contributed by atoms with Crippen LogP contribution in [0.5, 0.6) is 0 Å². The predicted octanol–water partition coefficient (Wildman–Crippen LogP) is 3.43. The van der Waals surface area contributed by atoms with Crippen molar-refractivity contribution < 1.29 is 9.59 Å². The third-order valence-electron chi connectivity index (χ3n) is 6.19. The van der Waals surface area contributed by atoms with E-state index in [1.54, 1.807) is 16.8 Å². The van der Waals surface area contributed by atoms with Crippen molar-refractivity contribution in [1.29, 1.82) is 0 Å². The number of aromatic nitrogens is 1. The third-order valence-corrected chi connectivity index (χ3v) is 6.19. The fourth-order valence-corrected chi connectivity index (χ4v) is 4.92. The Bertz CT molecular complexity index is 1130. The molecule has 1 spiro atoms. The Labute approximate surface area is 163 Å². The van der Waals surface area contributed by atoms with Gasteiger partial charge in [0.05, 0.1) is 5.69 Å². The van der Waals surface area contributed by atoms with Crippen molar-refractivity contribution in [1.82, 2.24) is 9.88 Å². The topological polar surface area (TPSA) is 56.4 Å². The molecular weight excluding hydrogens is 350 g/mol. The van der Waals surface area contributed by atoms with E-state index in [9.17, 15) is 9.59 Å². The molecular formula is C23H23N3O2. The SMILES string of the molecule is CC(C)C(=O)N1CCc2c([nH]c3ccccc23)C12C(=O)N(C)c1ccccc12. The first-order chi connectivity index (χ1) is 13.5. The number of hydrogen-bond donors (Lipinski definition) is 1. The van der Waals surface area contributed by atoms with Crippen LogP contribution < -0.4 is 4.90 Å². The average molecular weight is 373 g/mol. The van der Waals surface area contributed by atoms with Crippen LogP contribution in [0.3, 0.4) is 0 Å². The second-order valence-corrected chi connectivity index (χ2v) is 8.01. The van der Waals surface area contributed by atoms with Gasteiger partial charge >= 0.3 is 0 Å². The number of hydrogen-bond acceptors (Lipinski definition) is 2. The number of H-pyrrole nitrogens is 1. The number of amides is 2. The van der Waals surface area contributed by atoms with E-state index in [1.165, 1.54) is 0 Å². The van der Waals surface area contributed by atoms with Gasteiger partial charge in [-0.1, -0.05) is 50.2 Å². The maximum atomic E-state index is 13.8. The van der Waals surface area contributed by atoms with Crippen molar-refractivity contribution in [3.63, 3.8) is 0 Å². The Morgan fingerprint density at radius 3 is 2.61 bits per heavy atom. The van der Waals surface area contributed by atoms with E-state index >= 15 is 0 Å². The van der Waals surface area contributed by atoms with Gasteiger partial charge in [0.2, 0.25) is 5.91 Å². The minimum atomic E-state index is -1.13. The molecule has 5 heteroatoms. The zero-order chi connectivity index (χ0) is 19.6. The van der Waals surface area contributed by atoms with E-state index in [2.05, 4.69) is 11.1 Å². The lowest BCUT2D eigenvalue weighted by Gasteiger charge is -2.44. The van der Waals surface area contributed by atoms with Crippen molar-refractivity contribution in [3.05, 3.63) is 65.4 Å². The molecule has 0 bridgehead atoms. The second-order valence-electron chi connectivity index (χ2n) is 8.01. The molecule has 3 aromatic rings. The smallest absolute Gasteiger partial charge is 0.263 e. The highest BCUT2D eigenvalue weighted by Crippen LogP contribution is 2.51. The van der Waals surface area contributed by atoms with E-state index < -0.39 is 5.54 Å². The largest absolute Gasteiger partial charge is 0.355 e. The van der Waals surface area contributed by atoms with Gasteiger partial charge in [-0.25, -0.2) is 0 Å². The normalized spacial score (nSPS) is 20.9. The summed E-state index contributed by atoms with van der Waals surface area (Å²) in [6.45, 7) is 4.32. The van der Waals surface area contributed by atoms with Gasteiger partial charge < -0.3 is 14.8 Å². The molecule has 1 aromatic heterocycles. The van der Waals surface area contributed by atoms with E-state index in [1.807, 2.05) is 56.3 Å². The molecule has 0 aliphatic carbocycles. The molecule has 142 valence electrons. The molecule has 0 fully saturated rings. The molecule has 3 heterocycles. The third kappa shape index (κ3) is 1.91. The molecule has 5 rings (SSSR count). The summed E-state index contributed by atoms with van der Waals surface area (Å²) in [7, 11) is 1.80. The average Bonchev–Trinajstić information content (AvgIpc) is 3.19. The van der Waals surface area contributed by atoms with Gasteiger partial charge in [-0.15, -0.1) is 0 Å². The fraction of sp³-hybridized carbons (Fsp3) is 0.304. The predicted molar refractivity (Wildman–Crippen MR) is 109 cm³/mol. The van der Waals surface area contributed by atoms with Crippen LogP contribution in [-0.4, -0.2) is 35.3 Å². The lowest BCUT2D eigenvalue weighted by Crippen LogP contribution is -2.59. The van der Waals surface area contributed by atoms with Gasteiger partial charge in [-0.3, -0.25) is 9.59 Å². The van der Waals surface area contributed by atoms with Crippen LogP contribution in [0.25, 0.3) is 10.9 Å². The van der Waals surface area contributed by atoms with Crippen molar-refractivity contribution >= 4 is 28.4 Å². The first-order valence-electron chi connectivity index (χ1n) is 9.77. The van der Waals surface area contributed by atoms with Gasteiger partial charge in [-0.2, -0.15) is 0 Å². The minimum Gasteiger partial charge on any atom is -0.355 e. The van der Waals surface area contributed by atoms with Gasteiger partial charge in [0.15, 0.2) is 5.54 Å². The van der Waals surface area contributed by atoms with Crippen LogP contribution in [0.1, 0.15) is 30.7 Å². The van der Waals surface area contributed by atoms with Gasteiger partial charge in [-0.05, 0) is 24.1 Å². The maximum absolute atomic E-state index is 13.8. The Morgan fingerprint density at radius 1 is 1.11 bits per heavy atom.